The maximum atomic E-state index is 13.1. The average Bonchev–Trinajstić information content (AvgIpc) is 2.55. The van der Waals surface area contributed by atoms with Crippen molar-refractivity contribution < 1.29 is 18.6 Å². The zero-order valence-electron chi connectivity index (χ0n) is 11.5. The van der Waals surface area contributed by atoms with Gasteiger partial charge in [-0.25, -0.2) is 8.78 Å². The van der Waals surface area contributed by atoms with Crippen LogP contribution >= 0.6 is 0 Å². The van der Waals surface area contributed by atoms with Gasteiger partial charge in [0.25, 0.3) is 0 Å². The molecule has 0 aliphatic rings. The Balaban J connectivity index is 1.77. The van der Waals surface area contributed by atoms with Crippen LogP contribution in [0, 0.1) is 11.6 Å². The van der Waals surface area contributed by atoms with Crippen molar-refractivity contribution in [2.45, 2.75) is 13.2 Å². The van der Waals surface area contributed by atoms with E-state index in [-0.39, 0.29) is 13.2 Å². The molecule has 4 nitrogen and oxygen atoms in total. The molecule has 6 heteroatoms. The molecule has 0 saturated carbocycles. The molecule has 0 amide bonds. The molecule has 0 spiro atoms. The highest BCUT2D eigenvalue weighted by molar-refractivity contribution is 5.75. The van der Waals surface area contributed by atoms with Crippen molar-refractivity contribution in [2.24, 2.45) is 0 Å². The van der Waals surface area contributed by atoms with Crippen LogP contribution in [0.3, 0.4) is 0 Å². The molecule has 1 aromatic carbocycles. The zero-order chi connectivity index (χ0) is 15.5. The van der Waals surface area contributed by atoms with Crippen LogP contribution in [0.15, 0.2) is 42.7 Å². The van der Waals surface area contributed by atoms with Crippen molar-refractivity contribution in [3.8, 4) is 5.75 Å². The van der Waals surface area contributed by atoms with Crippen molar-refractivity contribution in [3.63, 3.8) is 0 Å². The molecule has 3 aromatic rings. The molecule has 1 N–H and O–H groups in total. The average molecular weight is 302 g/mol. The van der Waals surface area contributed by atoms with Crippen LogP contribution < -0.4 is 4.74 Å². The summed E-state index contributed by atoms with van der Waals surface area (Å²) in [5.41, 5.74) is 2.46. The number of hydrogen-bond donors (Lipinski definition) is 1. The molecular formula is C16H12F2N2O2. The summed E-state index contributed by atoms with van der Waals surface area (Å²) in [7, 11) is 0. The lowest BCUT2D eigenvalue weighted by Gasteiger charge is -2.07. The van der Waals surface area contributed by atoms with Crippen LogP contribution in [-0.2, 0) is 13.2 Å². The largest absolute Gasteiger partial charge is 0.487 e. The maximum Gasteiger partial charge on any atom is 0.159 e. The summed E-state index contributed by atoms with van der Waals surface area (Å²) in [6.45, 7) is -0.00187. The normalized spacial score (nSPS) is 10.9. The number of aromatic nitrogens is 2. The molecule has 0 radical (unpaired) electrons. The fourth-order valence-electron chi connectivity index (χ4n) is 1.99. The van der Waals surface area contributed by atoms with Gasteiger partial charge in [0.05, 0.1) is 23.8 Å². The lowest BCUT2D eigenvalue weighted by atomic mass is 10.2. The Morgan fingerprint density at radius 3 is 2.45 bits per heavy atom. The van der Waals surface area contributed by atoms with Crippen LogP contribution in [0.25, 0.3) is 11.0 Å². The van der Waals surface area contributed by atoms with Gasteiger partial charge in [-0.2, -0.15) is 0 Å². The number of rotatable bonds is 4. The van der Waals surface area contributed by atoms with Crippen molar-refractivity contribution in [1.82, 2.24) is 9.97 Å². The van der Waals surface area contributed by atoms with Gasteiger partial charge < -0.3 is 9.84 Å². The summed E-state index contributed by atoms with van der Waals surface area (Å²) in [5.74, 6) is -1.32. The van der Waals surface area contributed by atoms with Gasteiger partial charge in [-0.05, 0) is 29.3 Å². The first kappa shape index (κ1) is 14.3. The molecule has 0 fully saturated rings. The molecule has 22 heavy (non-hydrogen) atoms. The summed E-state index contributed by atoms with van der Waals surface area (Å²) in [4.78, 5) is 8.38. The Morgan fingerprint density at radius 2 is 1.68 bits per heavy atom. The predicted octanol–water partition coefficient (Wildman–Crippen LogP) is 2.98. The van der Waals surface area contributed by atoms with E-state index in [1.807, 2.05) is 0 Å². The first-order chi connectivity index (χ1) is 10.7. The summed E-state index contributed by atoms with van der Waals surface area (Å²) in [6.07, 6.45) is 3.08. The van der Waals surface area contributed by atoms with Crippen molar-refractivity contribution in [3.05, 3.63) is 65.5 Å². The number of benzene rings is 1. The van der Waals surface area contributed by atoms with Gasteiger partial charge in [-0.15, -0.1) is 0 Å². The van der Waals surface area contributed by atoms with Gasteiger partial charge >= 0.3 is 0 Å². The van der Waals surface area contributed by atoms with E-state index < -0.39 is 11.6 Å². The number of nitrogens with zero attached hydrogens (tertiary/aromatic N) is 2. The Bertz CT molecular complexity index is 824. The number of hydrogen-bond acceptors (Lipinski definition) is 4. The van der Waals surface area contributed by atoms with Crippen LogP contribution in [0.2, 0.25) is 0 Å². The van der Waals surface area contributed by atoms with Crippen molar-refractivity contribution in [1.29, 1.82) is 0 Å². The van der Waals surface area contributed by atoms with E-state index in [0.29, 0.717) is 27.9 Å². The second kappa shape index (κ2) is 6.03. The second-order valence-corrected chi connectivity index (χ2v) is 4.75. The molecule has 0 unspecified atom stereocenters. The minimum atomic E-state index is -0.907. The highest BCUT2D eigenvalue weighted by atomic mass is 19.2. The van der Waals surface area contributed by atoms with E-state index in [1.54, 1.807) is 18.3 Å². The van der Waals surface area contributed by atoms with Gasteiger partial charge in [0, 0.05) is 12.3 Å². The van der Waals surface area contributed by atoms with Crippen LogP contribution in [-0.4, -0.2) is 15.1 Å². The third-order valence-corrected chi connectivity index (χ3v) is 3.14. The monoisotopic (exact) mass is 302 g/mol. The SMILES string of the molecule is OCc1cnc2cc(OCc3ccc(F)c(F)c3)cnc2c1. The Labute approximate surface area is 125 Å². The van der Waals surface area contributed by atoms with E-state index in [2.05, 4.69) is 9.97 Å². The lowest BCUT2D eigenvalue weighted by Crippen LogP contribution is -1.98. The lowest BCUT2D eigenvalue weighted by molar-refractivity contribution is 0.281. The van der Waals surface area contributed by atoms with E-state index in [1.165, 1.54) is 12.3 Å². The topological polar surface area (TPSA) is 55.2 Å². The van der Waals surface area contributed by atoms with Crippen LogP contribution in [0.4, 0.5) is 8.78 Å². The molecule has 0 aliphatic carbocycles. The van der Waals surface area contributed by atoms with Crippen molar-refractivity contribution in [2.75, 3.05) is 0 Å². The summed E-state index contributed by atoms with van der Waals surface area (Å²) < 4.78 is 31.5. The number of halogens is 2. The minimum Gasteiger partial charge on any atom is -0.487 e. The highest BCUT2D eigenvalue weighted by Gasteiger charge is 2.05. The Hall–Kier alpha value is -2.60. The fraction of sp³-hybridized carbons (Fsp3) is 0.125. The summed E-state index contributed by atoms with van der Waals surface area (Å²) in [6, 6.07) is 7.05. The maximum absolute atomic E-state index is 13.1. The zero-order valence-corrected chi connectivity index (χ0v) is 11.5. The van der Waals surface area contributed by atoms with Crippen LogP contribution in [0.5, 0.6) is 5.75 Å². The smallest absolute Gasteiger partial charge is 0.159 e. The minimum absolute atomic E-state index is 0.0963. The van der Waals surface area contributed by atoms with Gasteiger partial charge in [-0.1, -0.05) is 6.07 Å². The molecule has 112 valence electrons. The Morgan fingerprint density at radius 1 is 0.909 bits per heavy atom. The number of pyridine rings is 2. The Kier molecular flexibility index (Phi) is 3.93. The third-order valence-electron chi connectivity index (χ3n) is 3.14. The molecule has 3 rings (SSSR count). The highest BCUT2D eigenvalue weighted by Crippen LogP contribution is 2.19. The van der Waals surface area contributed by atoms with Crippen LogP contribution in [0.1, 0.15) is 11.1 Å². The summed E-state index contributed by atoms with van der Waals surface area (Å²) in [5, 5.41) is 9.05. The number of fused-ring (bicyclic) bond motifs is 1. The fourth-order valence-corrected chi connectivity index (χ4v) is 1.99. The van der Waals surface area contributed by atoms with Gasteiger partial charge in [0.1, 0.15) is 12.4 Å². The molecular weight excluding hydrogens is 290 g/mol. The van der Waals surface area contributed by atoms with E-state index in [9.17, 15) is 8.78 Å². The molecule has 2 heterocycles. The summed E-state index contributed by atoms with van der Waals surface area (Å²) >= 11 is 0. The molecule has 0 atom stereocenters. The number of aliphatic hydroxyl groups excluding tert-OH is 1. The van der Waals surface area contributed by atoms with E-state index in [4.69, 9.17) is 9.84 Å². The number of ether oxygens (including phenoxy) is 1. The first-order valence-corrected chi connectivity index (χ1v) is 6.58. The van der Waals surface area contributed by atoms with E-state index >= 15 is 0 Å². The molecule has 0 bridgehead atoms. The molecule has 0 saturated heterocycles. The van der Waals surface area contributed by atoms with Crippen molar-refractivity contribution >= 4 is 11.0 Å². The molecule has 2 aromatic heterocycles. The van der Waals surface area contributed by atoms with Gasteiger partial charge in [0.2, 0.25) is 0 Å². The van der Waals surface area contributed by atoms with Gasteiger partial charge in [0.15, 0.2) is 11.6 Å². The third kappa shape index (κ3) is 3.01. The number of aliphatic hydroxyl groups is 1. The quantitative estimate of drug-likeness (QED) is 0.805. The second-order valence-electron chi connectivity index (χ2n) is 4.75. The standard InChI is InChI=1S/C16H12F2N2O2/c17-13-2-1-10(3-14(13)18)9-22-12-5-16-15(20-7-12)4-11(8-21)6-19-16/h1-7,21H,8-9H2. The predicted molar refractivity (Wildman–Crippen MR) is 76.2 cm³/mol. The van der Waals surface area contributed by atoms with Gasteiger partial charge in [-0.3, -0.25) is 9.97 Å². The first-order valence-electron chi connectivity index (χ1n) is 6.58. The molecule has 0 aliphatic heterocycles. The van der Waals surface area contributed by atoms with E-state index in [0.717, 1.165) is 12.1 Å².